The minimum absolute atomic E-state index is 0.324. The summed E-state index contributed by atoms with van der Waals surface area (Å²) in [7, 11) is 0. The van der Waals surface area contributed by atoms with Gasteiger partial charge in [-0.15, -0.1) is 0 Å². The molecule has 1 fully saturated rings. The van der Waals surface area contributed by atoms with Crippen molar-refractivity contribution in [3.8, 4) is 0 Å². The number of hydrogen-bond acceptors (Lipinski definition) is 2. The molecule has 0 radical (unpaired) electrons. The molecule has 1 aromatic rings. The van der Waals surface area contributed by atoms with Gasteiger partial charge >= 0.3 is 6.18 Å². The third kappa shape index (κ3) is 3.92. The summed E-state index contributed by atoms with van der Waals surface area (Å²) in [5.74, 6) is 1.65. The van der Waals surface area contributed by atoms with Crippen molar-refractivity contribution >= 4 is 11.8 Å². The number of thioether (sulfide) groups is 1. The van der Waals surface area contributed by atoms with Gasteiger partial charge < -0.3 is 4.74 Å². The highest BCUT2D eigenvalue weighted by Crippen LogP contribution is 2.29. The Morgan fingerprint density at radius 2 is 1.94 bits per heavy atom. The van der Waals surface area contributed by atoms with Crippen molar-refractivity contribution in [3.63, 3.8) is 0 Å². The Morgan fingerprint density at radius 3 is 2.50 bits per heavy atom. The van der Waals surface area contributed by atoms with Crippen molar-refractivity contribution in [1.82, 2.24) is 0 Å². The Hall–Kier alpha value is -0.680. The first kappa shape index (κ1) is 13.7. The van der Waals surface area contributed by atoms with Crippen LogP contribution in [-0.4, -0.2) is 18.5 Å². The van der Waals surface area contributed by atoms with Gasteiger partial charge in [0.15, 0.2) is 0 Å². The Morgan fingerprint density at radius 1 is 1.22 bits per heavy atom. The molecule has 0 spiro atoms. The molecule has 1 saturated heterocycles. The normalized spacial score (nSPS) is 20.3. The van der Waals surface area contributed by atoms with Crippen LogP contribution >= 0.6 is 11.8 Å². The van der Waals surface area contributed by atoms with Gasteiger partial charge in [-0.05, 0) is 30.5 Å². The van der Waals surface area contributed by atoms with Crippen molar-refractivity contribution < 1.29 is 17.9 Å². The average Bonchev–Trinajstić information content (AvgIpc) is 2.82. The summed E-state index contributed by atoms with van der Waals surface area (Å²) in [5, 5.41) is 0. The van der Waals surface area contributed by atoms with Crippen LogP contribution in [-0.2, 0) is 16.7 Å². The van der Waals surface area contributed by atoms with E-state index in [0.717, 1.165) is 48.7 Å². The fraction of sp³-hybridized carbons (Fsp3) is 0.538. The Bertz CT molecular complexity index is 369. The fourth-order valence-corrected chi connectivity index (χ4v) is 2.95. The monoisotopic (exact) mass is 276 g/mol. The van der Waals surface area contributed by atoms with Crippen molar-refractivity contribution in [2.75, 3.05) is 12.4 Å². The minimum atomic E-state index is -4.25. The lowest BCUT2D eigenvalue weighted by Gasteiger charge is -2.09. The predicted molar refractivity (Wildman–Crippen MR) is 66.6 cm³/mol. The number of alkyl halides is 3. The molecule has 1 aliphatic rings. The third-order valence-corrected chi connectivity index (χ3v) is 4.02. The maximum Gasteiger partial charge on any atom is 0.416 e. The van der Waals surface area contributed by atoms with Crippen molar-refractivity contribution in [2.24, 2.45) is 0 Å². The van der Waals surface area contributed by atoms with E-state index in [9.17, 15) is 13.2 Å². The molecule has 2 rings (SSSR count). The maximum absolute atomic E-state index is 12.4. The average molecular weight is 276 g/mol. The molecule has 0 aliphatic carbocycles. The van der Waals surface area contributed by atoms with E-state index >= 15 is 0 Å². The highest BCUT2D eigenvalue weighted by molar-refractivity contribution is 7.98. The van der Waals surface area contributed by atoms with E-state index in [4.69, 9.17) is 4.74 Å². The second-order valence-corrected chi connectivity index (χ2v) is 5.38. The molecule has 0 saturated carbocycles. The highest BCUT2D eigenvalue weighted by Gasteiger charge is 2.29. The summed E-state index contributed by atoms with van der Waals surface area (Å²) in [6, 6.07) is 5.38. The molecule has 1 atom stereocenters. The molecule has 0 bridgehead atoms. The van der Waals surface area contributed by atoms with E-state index in [0.29, 0.717) is 6.10 Å². The first-order valence-corrected chi connectivity index (χ1v) is 7.06. The van der Waals surface area contributed by atoms with E-state index in [1.54, 1.807) is 23.9 Å². The number of rotatable bonds is 4. The molecular weight excluding hydrogens is 261 g/mol. The van der Waals surface area contributed by atoms with Crippen molar-refractivity contribution in [3.05, 3.63) is 35.4 Å². The summed E-state index contributed by atoms with van der Waals surface area (Å²) < 4.78 is 42.5. The lowest BCUT2D eigenvalue weighted by Crippen LogP contribution is -2.08. The molecule has 1 nitrogen and oxygen atoms in total. The SMILES string of the molecule is FC(F)(F)c1ccc(CSCC2CCCO2)cc1. The van der Waals surface area contributed by atoms with Gasteiger partial charge in [0.2, 0.25) is 0 Å². The lowest BCUT2D eigenvalue weighted by molar-refractivity contribution is -0.137. The Balaban J connectivity index is 1.79. The number of benzene rings is 1. The van der Waals surface area contributed by atoms with Crippen molar-refractivity contribution in [1.29, 1.82) is 0 Å². The summed E-state index contributed by atoms with van der Waals surface area (Å²) in [5.41, 5.74) is 0.335. The Labute approximate surface area is 109 Å². The van der Waals surface area contributed by atoms with Crippen LogP contribution in [0.2, 0.25) is 0 Å². The van der Waals surface area contributed by atoms with Crippen LogP contribution in [0.25, 0.3) is 0 Å². The van der Waals surface area contributed by atoms with Crippen LogP contribution in [0, 0.1) is 0 Å². The third-order valence-electron chi connectivity index (χ3n) is 2.88. The molecular formula is C13H15F3OS. The second-order valence-electron chi connectivity index (χ2n) is 4.34. The van der Waals surface area contributed by atoms with E-state index in [1.807, 2.05) is 0 Å². The molecule has 0 N–H and O–H groups in total. The quantitative estimate of drug-likeness (QED) is 0.818. The van der Waals surface area contributed by atoms with E-state index in [2.05, 4.69) is 0 Å². The van der Waals surface area contributed by atoms with Crippen LogP contribution in [0.3, 0.4) is 0 Å². The molecule has 100 valence electrons. The van der Waals surface area contributed by atoms with Gasteiger partial charge in [-0.25, -0.2) is 0 Å². The molecule has 1 unspecified atom stereocenters. The van der Waals surface area contributed by atoms with E-state index < -0.39 is 11.7 Å². The van der Waals surface area contributed by atoms with Gasteiger partial charge in [0.1, 0.15) is 0 Å². The smallest absolute Gasteiger partial charge is 0.377 e. The zero-order valence-electron chi connectivity index (χ0n) is 9.87. The van der Waals surface area contributed by atoms with Gasteiger partial charge in [0, 0.05) is 18.1 Å². The van der Waals surface area contributed by atoms with Gasteiger partial charge in [0.25, 0.3) is 0 Å². The molecule has 1 aromatic carbocycles. The minimum Gasteiger partial charge on any atom is -0.377 e. The number of hydrogen-bond donors (Lipinski definition) is 0. The van der Waals surface area contributed by atoms with E-state index in [1.165, 1.54) is 0 Å². The molecule has 0 amide bonds. The van der Waals surface area contributed by atoms with Gasteiger partial charge in [-0.2, -0.15) is 24.9 Å². The number of ether oxygens (including phenoxy) is 1. The second kappa shape index (κ2) is 5.97. The number of halogens is 3. The first-order valence-electron chi connectivity index (χ1n) is 5.91. The molecule has 18 heavy (non-hydrogen) atoms. The standard InChI is InChI=1S/C13H15F3OS/c14-13(15,16)11-5-3-10(4-6-11)8-18-9-12-2-1-7-17-12/h3-6,12H,1-2,7-9H2. The summed E-state index contributed by atoms with van der Waals surface area (Å²) in [4.78, 5) is 0. The van der Waals surface area contributed by atoms with Crippen LogP contribution in [0.4, 0.5) is 13.2 Å². The van der Waals surface area contributed by atoms with Crippen LogP contribution in [0.1, 0.15) is 24.0 Å². The van der Waals surface area contributed by atoms with E-state index in [-0.39, 0.29) is 0 Å². The maximum atomic E-state index is 12.4. The van der Waals surface area contributed by atoms with Gasteiger partial charge in [0.05, 0.1) is 11.7 Å². The zero-order valence-corrected chi connectivity index (χ0v) is 10.7. The fourth-order valence-electron chi connectivity index (χ4n) is 1.87. The Kier molecular flexibility index (Phi) is 4.56. The van der Waals surface area contributed by atoms with Crippen molar-refractivity contribution in [2.45, 2.75) is 30.9 Å². The topological polar surface area (TPSA) is 9.23 Å². The first-order chi connectivity index (χ1) is 8.55. The molecule has 0 aromatic heterocycles. The summed E-state index contributed by atoms with van der Waals surface area (Å²) in [6.45, 7) is 0.839. The zero-order chi connectivity index (χ0) is 13.0. The molecule has 1 aliphatic heterocycles. The van der Waals surface area contributed by atoms with Crippen LogP contribution < -0.4 is 0 Å². The largest absolute Gasteiger partial charge is 0.416 e. The molecule has 5 heteroatoms. The molecule has 1 heterocycles. The van der Waals surface area contributed by atoms with Crippen LogP contribution in [0.5, 0.6) is 0 Å². The van der Waals surface area contributed by atoms with Gasteiger partial charge in [-0.3, -0.25) is 0 Å². The predicted octanol–water partition coefficient (Wildman–Crippen LogP) is 4.12. The highest BCUT2D eigenvalue weighted by atomic mass is 32.2. The van der Waals surface area contributed by atoms with Gasteiger partial charge in [-0.1, -0.05) is 12.1 Å². The van der Waals surface area contributed by atoms with Crippen LogP contribution in [0.15, 0.2) is 24.3 Å². The summed E-state index contributed by atoms with van der Waals surface area (Å²) in [6.07, 6.45) is -1.71. The lowest BCUT2D eigenvalue weighted by atomic mass is 10.1. The summed E-state index contributed by atoms with van der Waals surface area (Å²) >= 11 is 1.71.